The SMILES string of the molecule is CN=C(NCCc1ccc(-n2cccn2)cc1)NCCc1sc(C)nc1C. The Morgan fingerprint density at radius 3 is 2.44 bits per heavy atom. The van der Waals surface area contributed by atoms with Crippen LogP contribution in [0.3, 0.4) is 0 Å². The van der Waals surface area contributed by atoms with Crippen LogP contribution in [0.5, 0.6) is 0 Å². The number of aromatic nitrogens is 3. The predicted octanol–water partition coefficient (Wildman–Crippen LogP) is 2.90. The number of nitrogens with one attached hydrogen (secondary N) is 2. The molecule has 0 aliphatic carbocycles. The third kappa shape index (κ3) is 5.40. The van der Waals surface area contributed by atoms with Crippen LogP contribution < -0.4 is 10.6 Å². The van der Waals surface area contributed by atoms with E-state index in [-0.39, 0.29) is 0 Å². The summed E-state index contributed by atoms with van der Waals surface area (Å²) >= 11 is 1.77. The normalized spacial score (nSPS) is 11.6. The second kappa shape index (κ2) is 9.32. The Morgan fingerprint density at radius 1 is 1.11 bits per heavy atom. The van der Waals surface area contributed by atoms with Crippen LogP contribution in [-0.2, 0) is 12.8 Å². The topological polar surface area (TPSA) is 67.1 Å². The summed E-state index contributed by atoms with van der Waals surface area (Å²) < 4.78 is 1.86. The molecule has 2 aromatic heterocycles. The van der Waals surface area contributed by atoms with Gasteiger partial charge in [0.05, 0.1) is 16.4 Å². The van der Waals surface area contributed by atoms with Crippen molar-refractivity contribution < 1.29 is 0 Å². The van der Waals surface area contributed by atoms with Crippen molar-refractivity contribution >= 4 is 17.3 Å². The summed E-state index contributed by atoms with van der Waals surface area (Å²) in [5, 5.41) is 12.1. The van der Waals surface area contributed by atoms with E-state index in [0.29, 0.717) is 0 Å². The molecule has 0 spiro atoms. The molecule has 1 aromatic carbocycles. The summed E-state index contributed by atoms with van der Waals surface area (Å²) in [7, 11) is 1.80. The number of rotatable bonds is 7. The largest absolute Gasteiger partial charge is 0.356 e. The van der Waals surface area contributed by atoms with Crippen LogP contribution in [0.15, 0.2) is 47.7 Å². The zero-order valence-corrected chi connectivity index (χ0v) is 16.9. The minimum absolute atomic E-state index is 0.833. The first-order valence-electron chi connectivity index (χ1n) is 9.12. The second-order valence-corrected chi connectivity index (χ2v) is 7.57. The lowest BCUT2D eigenvalue weighted by Crippen LogP contribution is -2.39. The average Bonchev–Trinajstić information content (AvgIpc) is 3.31. The molecule has 0 atom stereocenters. The monoisotopic (exact) mass is 382 g/mol. The Morgan fingerprint density at radius 2 is 1.85 bits per heavy atom. The molecule has 27 heavy (non-hydrogen) atoms. The van der Waals surface area contributed by atoms with Crippen LogP contribution in [0.2, 0.25) is 0 Å². The minimum Gasteiger partial charge on any atom is -0.356 e. The number of hydrogen-bond donors (Lipinski definition) is 2. The molecular weight excluding hydrogens is 356 g/mol. The lowest BCUT2D eigenvalue weighted by Gasteiger charge is -2.12. The maximum Gasteiger partial charge on any atom is 0.190 e. The van der Waals surface area contributed by atoms with Crippen molar-refractivity contribution in [1.82, 2.24) is 25.4 Å². The fraction of sp³-hybridized carbons (Fsp3) is 0.350. The van der Waals surface area contributed by atoms with E-state index in [4.69, 9.17) is 0 Å². The molecule has 6 nitrogen and oxygen atoms in total. The van der Waals surface area contributed by atoms with Crippen molar-refractivity contribution in [2.45, 2.75) is 26.7 Å². The van der Waals surface area contributed by atoms with Crippen LogP contribution in [0, 0.1) is 13.8 Å². The van der Waals surface area contributed by atoms with Crippen molar-refractivity contribution in [3.05, 3.63) is 63.9 Å². The van der Waals surface area contributed by atoms with Gasteiger partial charge in [0, 0.05) is 43.8 Å². The molecule has 3 aromatic rings. The van der Waals surface area contributed by atoms with Crippen LogP contribution >= 0.6 is 11.3 Å². The van der Waals surface area contributed by atoms with E-state index in [1.807, 2.05) is 16.9 Å². The summed E-state index contributed by atoms with van der Waals surface area (Å²) in [5.74, 6) is 0.835. The molecule has 7 heteroatoms. The van der Waals surface area contributed by atoms with Gasteiger partial charge in [-0.1, -0.05) is 12.1 Å². The standard InChI is InChI=1S/C20H26N6S/c1-15-19(27-16(2)25-15)10-13-23-20(21-3)22-12-9-17-5-7-18(8-6-17)26-14-4-11-24-26/h4-8,11,14H,9-10,12-13H2,1-3H3,(H2,21,22,23). The quantitative estimate of drug-likeness (QED) is 0.487. The van der Waals surface area contributed by atoms with Crippen LogP contribution in [0.1, 0.15) is 21.1 Å². The number of thiazole rings is 1. The van der Waals surface area contributed by atoms with Gasteiger partial charge >= 0.3 is 0 Å². The first kappa shape index (κ1) is 19.1. The van der Waals surface area contributed by atoms with Crippen molar-refractivity contribution in [3.8, 4) is 5.69 Å². The van der Waals surface area contributed by atoms with Gasteiger partial charge in [0.15, 0.2) is 5.96 Å². The van der Waals surface area contributed by atoms with Gasteiger partial charge in [-0.05, 0) is 44.0 Å². The summed E-state index contributed by atoms with van der Waals surface area (Å²) in [6, 6.07) is 10.4. The van der Waals surface area contributed by atoms with Gasteiger partial charge in [-0.3, -0.25) is 4.99 Å². The molecule has 0 aliphatic rings. The van der Waals surface area contributed by atoms with E-state index < -0.39 is 0 Å². The van der Waals surface area contributed by atoms with Crippen LogP contribution in [-0.4, -0.2) is 40.9 Å². The van der Waals surface area contributed by atoms with E-state index in [1.165, 1.54) is 10.4 Å². The van der Waals surface area contributed by atoms with E-state index in [9.17, 15) is 0 Å². The highest BCUT2D eigenvalue weighted by Gasteiger charge is 2.05. The molecule has 0 saturated carbocycles. The van der Waals surface area contributed by atoms with Gasteiger partial charge < -0.3 is 10.6 Å². The summed E-state index contributed by atoms with van der Waals surface area (Å²) in [5.41, 5.74) is 3.49. The molecule has 0 radical (unpaired) electrons. The summed E-state index contributed by atoms with van der Waals surface area (Å²) in [6.07, 6.45) is 5.63. The average molecular weight is 383 g/mol. The Bertz CT molecular complexity index is 865. The number of aliphatic imine (C=N–C) groups is 1. The van der Waals surface area contributed by atoms with Gasteiger partial charge in [-0.25, -0.2) is 9.67 Å². The molecule has 0 fully saturated rings. The summed E-state index contributed by atoms with van der Waals surface area (Å²) in [6.45, 7) is 5.81. The highest BCUT2D eigenvalue weighted by molar-refractivity contribution is 7.11. The Labute approximate surface area is 164 Å². The lowest BCUT2D eigenvalue weighted by atomic mass is 10.1. The second-order valence-electron chi connectivity index (χ2n) is 6.28. The van der Waals surface area contributed by atoms with E-state index >= 15 is 0 Å². The minimum atomic E-state index is 0.833. The summed E-state index contributed by atoms with van der Waals surface area (Å²) in [4.78, 5) is 10.1. The van der Waals surface area contributed by atoms with Crippen molar-refractivity contribution in [3.63, 3.8) is 0 Å². The third-order valence-electron chi connectivity index (χ3n) is 4.28. The van der Waals surface area contributed by atoms with Gasteiger partial charge in [-0.15, -0.1) is 11.3 Å². The molecule has 0 aliphatic heterocycles. The Balaban J connectivity index is 1.41. The van der Waals surface area contributed by atoms with Gasteiger partial charge in [0.1, 0.15) is 0 Å². The fourth-order valence-corrected chi connectivity index (χ4v) is 3.82. The van der Waals surface area contributed by atoms with Crippen LogP contribution in [0.4, 0.5) is 0 Å². The molecule has 0 amide bonds. The highest BCUT2D eigenvalue weighted by atomic mass is 32.1. The zero-order valence-electron chi connectivity index (χ0n) is 16.1. The Hall–Kier alpha value is -2.67. The van der Waals surface area contributed by atoms with Gasteiger partial charge in [0.2, 0.25) is 0 Å². The van der Waals surface area contributed by atoms with Crippen molar-refractivity contribution in [2.24, 2.45) is 4.99 Å². The fourth-order valence-electron chi connectivity index (χ4n) is 2.88. The van der Waals surface area contributed by atoms with Crippen molar-refractivity contribution in [1.29, 1.82) is 0 Å². The van der Waals surface area contributed by atoms with Crippen molar-refractivity contribution in [2.75, 3.05) is 20.1 Å². The third-order valence-corrected chi connectivity index (χ3v) is 5.41. The zero-order chi connectivity index (χ0) is 19.1. The lowest BCUT2D eigenvalue weighted by molar-refractivity contribution is 0.785. The van der Waals surface area contributed by atoms with Crippen LogP contribution in [0.25, 0.3) is 5.69 Å². The molecule has 2 heterocycles. The number of guanidine groups is 1. The first-order valence-corrected chi connectivity index (χ1v) is 9.94. The van der Waals surface area contributed by atoms with E-state index in [2.05, 4.69) is 63.8 Å². The van der Waals surface area contributed by atoms with Gasteiger partial charge in [0.25, 0.3) is 0 Å². The maximum absolute atomic E-state index is 4.47. The van der Waals surface area contributed by atoms with Gasteiger partial charge in [-0.2, -0.15) is 5.10 Å². The highest BCUT2D eigenvalue weighted by Crippen LogP contribution is 2.17. The molecule has 2 N–H and O–H groups in total. The van der Waals surface area contributed by atoms with E-state index in [1.54, 1.807) is 24.6 Å². The molecule has 0 saturated heterocycles. The van der Waals surface area contributed by atoms with E-state index in [0.717, 1.165) is 48.3 Å². The number of benzene rings is 1. The first-order chi connectivity index (χ1) is 13.2. The molecule has 142 valence electrons. The number of nitrogens with zero attached hydrogens (tertiary/aromatic N) is 4. The predicted molar refractivity (Wildman–Crippen MR) is 112 cm³/mol. The maximum atomic E-state index is 4.47. The smallest absolute Gasteiger partial charge is 0.190 e. The number of aryl methyl sites for hydroxylation is 2. The molecule has 3 rings (SSSR count). The molecule has 0 bridgehead atoms. The molecular formula is C20H26N6S. The number of hydrogen-bond acceptors (Lipinski definition) is 4. The Kier molecular flexibility index (Phi) is 6.59. The molecule has 0 unspecified atom stereocenters.